The Kier molecular flexibility index (Phi) is 2.69. The second-order valence-corrected chi connectivity index (χ2v) is 3.47. The fourth-order valence-corrected chi connectivity index (χ4v) is 1.66. The highest BCUT2D eigenvalue weighted by Crippen LogP contribution is 2.15. The predicted molar refractivity (Wildman–Crippen MR) is 43.6 cm³/mol. The molecule has 0 saturated carbocycles. The Morgan fingerprint density at radius 2 is 2.20 bits per heavy atom. The molecule has 0 spiro atoms. The van der Waals surface area contributed by atoms with E-state index in [4.69, 9.17) is 0 Å². The average molecular weight is 142 g/mol. The first-order valence-corrected chi connectivity index (χ1v) is 4.18. The summed E-state index contributed by atoms with van der Waals surface area (Å²) in [7, 11) is 2.14. The van der Waals surface area contributed by atoms with Crippen LogP contribution >= 0.6 is 0 Å². The standard InChI is InChI=1S/C8H18N2/c1-7(2)8-5-4-6-9-10(8)3/h7-9H,4-6H2,1-3H3. The molecule has 0 radical (unpaired) electrons. The quantitative estimate of drug-likeness (QED) is 0.592. The van der Waals surface area contributed by atoms with Crippen LogP contribution in [-0.4, -0.2) is 24.6 Å². The van der Waals surface area contributed by atoms with E-state index in [-0.39, 0.29) is 0 Å². The third-order valence-electron chi connectivity index (χ3n) is 2.30. The van der Waals surface area contributed by atoms with Gasteiger partial charge in [-0.25, -0.2) is 5.01 Å². The Hall–Kier alpha value is -0.0800. The fraction of sp³-hybridized carbons (Fsp3) is 1.00. The molecular weight excluding hydrogens is 124 g/mol. The topological polar surface area (TPSA) is 15.3 Å². The SMILES string of the molecule is CC(C)C1CCCNN1C. The molecular formula is C8H18N2. The van der Waals surface area contributed by atoms with Gasteiger partial charge in [0.25, 0.3) is 0 Å². The average Bonchev–Trinajstić information content (AvgIpc) is 1.88. The van der Waals surface area contributed by atoms with E-state index in [2.05, 4.69) is 31.3 Å². The van der Waals surface area contributed by atoms with Crippen molar-refractivity contribution in [2.75, 3.05) is 13.6 Å². The Balaban J connectivity index is 2.40. The van der Waals surface area contributed by atoms with Crippen LogP contribution in [0.5, 0.6) is 0 Å². The van der Waals surface area contributed by atoms with Gasteiger partial charge in [-0.1, -0.05) is 13.8 Å². The molecule has 1 rings (SSSR count). The molecule has 1 unspecified atom stereocenters. The lowest BCUT2D eigenvalue weighted by molar-refractivity contribution is 0.0860. The summed E-state index contributed by atoms with van der Waals surface area (Å²) in [4.78, 5) is 0. The first-order valence-electron chi connectivity index (χ1n) is 4.18. The zero-order valence-corrected chi connectivity index (χ0v) is 7.22. The van der Waals surface area contributed by atoms with E-state index in [1.807, 2.05) is 0 Å². The molecule has 1 fully saturated rings. The van der Waals surface area contributed by atoms with Gasteiger partial charge in [0.1, 0.15) is 0 Å². The third-order valence-corrected chi connectivity index (χ3v) is 2.30. The van der Waals surface area contributed by atoms with E-state index >= 15 is 0 Å². The molecule has 1 saturated heterocycles. The lowest BCUT2D eigenvalue weighted by Crippen LogP contribution is -2.49. The summed E-state index contributed by atoms with van der Waals surface area (Å²) in [6.07, 6.45) is 2.67. The van der Waals surface area contributed by atoms with E-state index in [0.29, 0.717) is 0 Å². The van der Waals surface area contributed by atoms with Crippen LogP contribution in [0.15, 0.2) is 0 Å². The molecule has 2 nitrogen and oxygen atoms in total. The van der Waals surface area contributed by atoms with Gasteiger partial charge in [-0.15, -0.1) is 0 Å². The lowest BCUT2D eigenvalue weighted by atomic mass is 9.98. The number of rotatable bonds is 1. The number of nitrogens with one attached hydrogen (secondary N) is 1. The van der Waals surface area contributed by atoms with Crippen molar-refractivity contribution in [3.63, 3.8) is 0 Å². The zero-order chi connectivity index (χ0) is 7.56. The van der Waals surface area contributed by atoms with Crippen molar-refractivity contribution < 1.29 is 0 Å². The van der Waals surface area contributed by atoms with Crippen molar-refractivity contribution >= 4 is 0 Å². The molecule has 1 aliphatic heterocycles. The summed E-state index contributed by atoms with van der Waals surface area (Å²) in [6, 6.07) is 0.744. The summed E-state index contributed by atoms with van der Waals surface area (Å²) >= 11 is 0. The second kappa shape index (κ2) is 3.35. The van der Waals surface area contributed by atoms with Crippen LogP contribution in [0, 0.1) is 5.92 Å². The van der Waals surface area contributed by atoms with Crippen LogP contribution in [0.4, 0.5) is 0 Å². The van der Waals surface area contributed by atoms with Gasteiger partial charge in [0.05, 0.1) is 0 Å². The fourth-order valence-electron chi connectivity index (χ4n) is 1.66. The van der Waals surface area contributed by atoms with Gasteiger partial charge >= 0.3 is 0 Å². The van der Waals surface area contributed by atoms with Crippen LogP contribution in [0.1, 0.15) is 26.7 Å². The van der Waals surface area contributed by atoms with Crippen molar-refractivity contribution in [3.8, 4) is 0 Å². The van der Waals surface area contributed by atoms with Gasteiger partial charge in [0, 0.05) is 19.6 Å². The molecule has 1 heterocycles. The molecule has 0 bridgehead atoms. The number of nitrogens with zero attached hydrogens (tertiary/aromatic N) is 1. The number of hydrazine groups is 1. The maximum absolute atomic E-state index is 3.35. The third kappa shape index (κ3) is 1.70. The van der Waals surface area contributed by atoms with Crippen molar-refractivity contribution in [2.45, 2.75) is 32.7 Å². The zero-order valence-electron chi connectivity index (χ0n) is 7.22. The van der Waals surface area contributed by atoms with Gasteiger partial charge in [-0.05, 0) is 18.8 Å². The normalized spacial score (nSPS) is 29.4. The maximum atomic E-state index is 3.35. The summed E-state index contributed by atoms with van der Waals surface area (Å²) in [5, 5.41) is 2.26. The largest absolute Gasteiger partial charge is 0.255 e. The minimum atomic E-state index is 0.744. The Morgan fingerprint density at radius 1 is 1.50 bits per heavy atom. The van der Waals surface area contributed by atoms with Gasteiger partial charge in [0.15, 0.2) is 0 Å². The van der Waals surface area contributed by atoms with Crippen molar-refractivity contribution in [1.82, 2.24) is 10.4 Å². The molecule has 60 valence electrons. The minimum Gasteiger partial charge on any atom is -0.255 e. The second-order valence-electron chi connectivity index (χ2n) is 3.47. The molecule has 0 aliphatic carbocycles. The molecule has 1 atom stereocenters. The predicted octanol–water partition coefficient (Wildman–Crippen LogP) is 1.24. The molecule has 1 aliphatic rings. The number of hydrogen-bond acceptors (Lipinski definition) is 2. The molecule has 2 heteroatoms. The van der Waals surface area contributed by atoms with E-state index in [1.165, 1.54) is 12.8 Å². The minimum absolute atomic E-state index is 0.744. The van der Waals surface area contributed by atoms with Crippen LogP contribution in [0.25, 0.3) is 0 Å². The van der Waals surface area contributed by atoms with Crippen molar-refractivity contribution in [2.24, 2.45) is 5.92 Å². The van der Waals surface area contributed by atoms with E-state index in [9.17, 15) is 0 Å². The lowest BCUT2D eigenvalue weighted by Gasteiger charge is -2.35. The molecule has 10 heavy (non-hydrogen) atoms. The highest BCUT2D eigenvalue weighted by atomic mass is 15.5. The highest BCUT2D eigenvalue weighted by molar-refractivity contribution is 4.73. The van der Waals surface area contributed by atoms with Crippen molar-refractivity contribution in [3.05, 3.63) is 0 Å². The summed E-state index contributed by atoms with van der Waals surface area (Å²) < 4.78 is 0. The van der Waals surface area contributed by atoms with Gasteiger partial charge in [-0.2, -0.15) is 0 Å². The summed E-state index contributed by atoms with van der Waals surface area (Å²) in [6.45, 7) is 5.72. The first kappa shape index (κ1) is 8.02. The Morgan fingerprint density at radius 3 is 2.60 bits per heavy atom. The molecule has 0 aromatic rings. The Labute approximate surface area is 63.6 Å². The molecule has 0 aromatic heterocycles. The maximum Gasteiger partial charge on any atom is 0.0263 e. The molecule has 0 aromatic carbocycles. The van der Waals surface area contributed by atoms with E-state index < -0.39 is 0 Å². The van der Waals surface area contributed by atoms with E-state index in [1.54, 1.807) is 0 Å². The van der Waals surface area contributed by atoms with Crippen LogP contribution in [0.2, 0.25) is 0 Å². The summed E-state index contributed by atoms with van der Waals surface area (Å²) in [5.74, 6) is 0.776. The molecule has 0 amide bonds. The van der Waals surface area contributed by atoms with Gasteiger partial charge < -0.3 is 0 Å². The van der Waals surface area contributed by atoms with Gasteiger partial charge in [-0.3, -0.25) is 5.43 Å². The van der Waals surface area contributed by atoms with Crippen LogP contribution < -0.4 is 5.43 Å². The number of hydrogen-bond donors (Lipinski definition) is 1. The Bertz CT molecular complexity index is 101. The van der Waals surface area contributed by atoms with Crippen LogP contribution in [-0.2, 0) is 0 Å². The van der Waals surface area contributed by atoms with Crippen molar-refractivity contribution in [1.29, 1.82) is 0 Å². The molecule has 1 N–H and O–H groups in total. The summed E-state index contributed by atoms with van der Waals surface area (Å²) in [5.41, 5.74) is 3.35. The monoisotopic (exact) mass is 142 g/mol. The highest BCUT2D eigenvalue weighted by Gasteiger charge is 2.20. The van der Waals surface area contributed by atoms with Crippen LogP contribution in [0.3, 0.4) is 0 Å². The smallest absolute Gasteiger partial charge is 0.0263 e. The first-order chi connectivity index (χ1) is 4.72. The van der Waals surface area contributed by atoms with Gasteiger partial charge in [0.2, 0.25) is 0 Å². The van der Waals surface area contributed by atoms with E-state index in [0.717, 1.165) is 18.5 Å².